The van der Waals surface area contributed by atoms with Crippen LogP contribution in [0.4, 0.5) is 10.3 Å². The first-order valence-electron chi connectivity index (χ1n) is 12.8. The average Bonchev–Trinajstić information content (AvgIpc) is 3.34. The van der Waals surface area contributed by atoms with Crippen molar-refractivity contribution in [3.63, 3.8) is 0 Å². The van der Waals surface area contributed by atoms with Crippen molar-refractivity contribution in [2.45, 2.75) is 50.1 Å². The van der Waals surface area contributed by atoms with Crippen LogP contribution >= 0.6 is 11.8 Å². The van der Waals surface area contributed by atoms with Gasteiger partial charge >= 0.3 is 0 Å². The fourth-order valence-corrected chi connectivity index (χ4v) is 5.64. The lowest BCUT2D eigenvalue weighted by molar-refractivity contribution is -0.133. The molecule has 2 aromatic carbocycles. The number of nitrogens with zero attached hydrogens (tertiary/aromatic N) is 4. The second-order valence-corrected chi connectivity index (χ2v) is 10.1. The Kier molecular flexibility index (Phi) is 7.78. The summed E-state index contributed by atoms with van der Waals surface area (Å²) in [7, 11) is 0. The number of amides is 1. The van der Waals surface area contributed by atoms with Gasteiger partial charge in [-0.15, -0.1) is 5.10 Å². The van der Waals surface area contributed by atoms with Crippen LogP contribution in [0.5, 0.6) is 5.75 Å². The Morgan fingerprint density at radius 2 is 1.92 bits per heavy atom. The summed E-state index contributed by atoms with van der Waals surface area (Å²) in [4.78, 5) is 31.7. The molecule has 0 saturated carbocycles. The summed E-state index contributed by atoms with van der Waals surface area (Å²) in [5.74, 6) is 1.30. The Balaban J connectivity index is 1.39. The van der Waals surface area contributed by atoms with Crippen LogP contribution in [0.3, 0.4) is 0 Å². The summed E-state index contributed by atoms with van der Waals surface area (Å²) in [5.41, 5.74) is 3.03. The van der Waals surface area contributed by atoms with E-state index in [1.165, 1.54) is 17.8 Å². The molecule has 2 aliphatic rings. The van der Waals surface area contributed by atoms with E-state index >= 15 is 0 Å². The number of aromatic nitrogens is 3. The highest BCUT2D eigenvalue weighted by Crippen LogP contribution is 2.41. The van der Waals surface area contributed by atoms with Crippen molar-refractivity contribution in [3.8, 4) is 5.75 Å². The first-order valence-corrected chi connectivity index (χ1v) is 13.8. The highest BCUT2D eigenvalue weighted by atomic mass is 32.2. The van der Waals surface area contributed by atoms with Crippen molar-refractivity contribution in [1.29, 1.82) is 0 Å². The van der Waals surface area contributed by atoms with E-state index in [1.54, 1.807) is 27.8 Å². The van der Waals surface area contributed by atoms with Crippen LogP contribution in [-0.4, -0.2) is 51.1 Å². The van der Waals surface area contributed by atoms with Crippen LogP contribution in [-0.2, 0) is 15.3 Å². The van der Waals surface area contributed by atoms with Crippen molar-refractivity contribution in [3.05, 3.63) is 76.7 Å². The number of Topliss-reactive ketones (excluding diaryl/α,β-unsaturated/α-hetero) is 1. The number of thioether (sulfide) groups is 1. The van der Waals surface area contributed by atoms with Crippen molar-refractivity contribution in [2.75, 3.05) is 25.0 Å². The molecule has 1 aliphatic carbocycles. The first kappa shape index (κ1) is 26.0. The largest absolute Gasteiger partial charge is 0.484 e. The number of halogens is 1. The van der Waals surface area contributed by atoms with Crippen LogP contribution < -0.4 is 10.1 Å². The maximum Gasteiger partial charge on any atom is 0.260 e. The van der Waals surface area contributed by atoms with Gasteiger partial charge in [0.05, 0.1) is 0 Å². The van der Waals surface area contributed by atoms with Gasteiger partial charge in [-0.2, -0.15) is 4.98 Å². The second-order valence-electron chi connectivity index (χ2n) is 9.16. The van der Waals surface area contributed by atoms with Crippen LogP contribution in [0.1, 0.15) is 50.3 Å². The lowest BCUT2D eigenvalue weighted by Gasteiger charge is -2.32. The number of hydrogen-bond donors (Lipinski definition) is 1. The molecule has 1 unspecified atom stereocenters. The molecule has 1 aliphatic heterocycles. The summed E-state index contributed by atoms with van der Waals surface area (Å²) in [6.07, 6.45) is 2.04. The highest BCUT2D eigenvalue weighted by molar-refractivity contribution is 7.98. The van der Waals surface area contributed by atoms with Gasteiger partial charge in [0.2, 0.25) is 11.1 Å². The number of hydrogen-bond acceptors (Lipinski definition) is 7. The molecule has 0 bridgehead atoms. The molecule has 0 spiro atoms. The van der Waals surface area contributed by atoms with Crippen LogP contribution in [0, 0.1) is 5.82 Å². The number of ether oxygens (including phenoxy) is 1. The number of carbonyl (C=O) groups is 2. The molecule has 10 heteroatoms. The van der Waals surface area contributed by atoms with Crippen molar-refractivity contribution < 1.29 is 18.7 Å². The molecule has 38 heavy (non-hydrogen) atoms. The zero-order chi connectivity index (χ0) is 26.6. The minimum Gasteiger partial charge on any atom is -0.484 e. The van der Waals surface area contributed by atoms with Gasteiger partial charge in [0.15, 0.2) is 12.4 Å². The topological polar surface area (TPSA) is 89.3 Å². The molecule has 0 saturated heterocycles. The maximum absolute atomic E-state index is 14.1. The van der Waals surface area contributed by atoms with Gasteiger partial charge in [-0.3, -0.25) is 9.59 Å². The van der Waals surface area contributed by atoms with E-state index in [4.69, 9.17) is 9.84 Å². The SMILES string of the molecule is CCN(CC)C(=O)COc1ccc(C2C3=C(CCCC3=O)Nc3nc(SCc4ccccc4F)nn32)cc1. The Labute approximate surface area is 225 Å². The molecule has 2 heterocycles. The second kappa shape index (κ2) is 11.4. The quantitative estimate of drug-likeness (QED) is 0.387. The van der Waals surface area contributed by atoms with Gasteiger partial charge in [-0.05, 0) is 56.0 Å². The number of fused-ring (bicyclic) bond motifs is 1. The monoisotopic (exact) mass is 535 g/mol. The lowest BCUT2D eigenvalue weighted by Crippen LogP contribution is -2.34. The van der Waals surface area contributed by atoms with Gasteiger partial charge in [-0.1, -0.05) is 42.1 Å². The summed E-state index contributed by atoms with van der Waals surface area (Å²) in [6.45, 7) is 5.12. The number of carbonyl (C=O) groups excluding carboxylic acids is 2. The van der Waals surface area contributed by atoms with Crippen molar-refractivity contribution >= 4 is 29.4 Å². The van der Waals surface area contributed by atoms with E-state index in [-0.39, 0.29) is 24.1 Å². The van der Waals surface area contributed by atoms with E-state index in [0.717, 1.165) is 24.1 Å². The molecular formula is C28H30FN5O3S. The molecule has 1 N–H and O–H groups in total. The minimum atomic E-state index is -0.435. The molecule has 3 aromatic rings. The number of benzene rings is 2. The fourth-order valence-electron chi connectivity index (χ4n) is 4.82. The highest BCUT2D eigenvalue weighted by Gasteiger charge is 2.36. The fraction of sp³-hybridized carbons (Fsp3) is 0.357. The van der Waals surface area contributed by atoms with Crippen molar-refractivity contribution in [2.24, 2.45) is 0 Å². The Hall–Kier alpha value is -3.66. The molecule has 1 aromatic heterocycles. The summed E-state index contributed by atoms with van der Waals surface area (Å²) in [6, 6.07) is 13.6. The molecular weight excluding hydrogens is 505 g/mol. The summed E-state index contributed by atoms with van der Waals surface area (Å²) in [5, 5.41) is 8.54. The van der Waals surface area contributed by atoms with Crippen LogP contribution in [0.15, 0.2) is 65.0 Å². The van der Waals surface area contributed by atoms with E-state index in [1.807, 2.05) is 38.1 Å². The Morgan fingerprint density at radius 1 is 1.16 bits per heavy atom. The smallest absolute Gasteiger partial charge is 0.260 e. The maximum atomic E-state index is 14.1. The predicted molar refractivity (Wildman–Crippen MR) is 143 cm³/mol. The van der Waals surface area contributed by atoms with E-state index in [0.29, 0.717) is 53.3 Å². The van der Waals surface area contributed by atoms with Gasteiger partial charge in [-0.25, -0.2) is 9.07 Å². The molecule has 0 fully saturated rings. The van der Waals surface area contributed by atoms with Crippen molar-refractivity contribution in [1.82, 2.24) is 19.7 Å². The van der Waals surface area contributed by atoms with Gasteiger partial charge in [0, 0.05) is 36.5 Å². The lowest BCUT2D eigenvalue weighted by atomic mass is 9.85. The number of ketones is 1. The number of rotatable bonds is 9. The zero-order valence-electron chi connectivity index (χ0n) is 21.4. The number of allylic oxidation sites excluding steroid dienone is 2. The predicted octanol–water partition coefficient (Wildman–Crippen LogP) is 4.98. The third-order valence-electron chi connectivity index (χ3n) is 6.84. The normalized spacial score (nSPS) is 16.5. The van der Waals surface area contributed by atoms with E-state index < -0.39 is 6.04 Å². The first-order chi connectivity index (χ1) is 18.5. The zero-order valence-corrected chi connectivity index (χ0v) is 22.3. The third-order valence-corrected chi connectivity index (χ3v) is 7.72. The summed E-state index contributed by atoms with van der Waals surface area (Å²) >= 11 is 1.35. The molecule has 1 amide bonds. The minimum absolute atomic E-state index is 0.0298. The van der Waals surface area contributed by atoms with Gasteiger partial charge < -0.3 is 15.0 Å². The summed E-state index contributed by atoms with van der Waals surface area (Å²) < 4.78 is 21.6. The molecule has 198 valence electrons. The van der Waals surface area contributed by atoms with E-state index in [9.17, 15) is 14.0 Å². The Morgan fingerprint density at radius 3 is 2.66 bits per heavy atom. The number of anilines is 1. The molecule has 8 nitrogen and oxygen atoms in total. The third kappa shape index (κ3) is 5.31. The Bertz CT molecular complexity index is 1370. The molecule has 0 radical (unpaired) electrons. The number of likely N-dealkylation sites (N-methyl/N-ethyl adjacent to an activating group) is 1. The molecule has 5 rings (SSSR count). The van der Waals surface area contributed by atoms with Gasteiger partial charge in [0.1, 0.15) is 17.6 Å². The average molecular weight is 536 g/mol. The van der Waals surface area contributed by atoms with E-state index in [2.05, 4.69) is 10.3 Å². The standard InChI is InChI=1S/C28H30FN5O3S/c1-3-33(4-2)24(36)16-37-20-14-12-18(13-15-20)26-25-22(10-7-11-23(25)35)30-27-31-28(32-34(26)27)38-17-19-8-5-6-9-21(19)29/h5-6,8-9,12-15,26H,3-4,7,10-11,16-17H2,1-2H3,(H,30,31,32). The van der Waals surface area contributed by atoms with Crippen LogP contribution in [0.2, 0.25) is 0 Å². The van der Waals surface area contributed by atoms with Gasteiger partial charge in [0.25, 0.3) is 5.91 Å². The number of nitrogens with one attached hydrogen (secondary N) is 1. The molecule has 1 atom stereocenters. The van der Waals surface area contributed by atoms with Crippen LogP contribution in [0.25, 0.3) is 0 Å².